The van der Waals surface area contributed by atoms with Gasteiger partial charge in [0.15, 0.2) is 12.2 Å². The predicted molar refractivity (Wildman–Crippen MR) is 65.5 cm³/mol. The van der Waals surface area contributed by atoms with E-state index < -0.39 is 39.4 Å². The third-order valence-corrected chi connectivity index (χ3v) is 3.33. The molecule has 0 aliphatic carbocycles. The van der Waals surface area contributed by atoms with Crippen LogP contribution in [0.3, 0.4) is 0 Å². The molecule has 0 spiro atoms. The SMILES string of the molecule is CC(=O)ON1C(C)(C)C(O[N+](=O)[O-])C(O[N+](=O)[O-])C1(C)C. The highest BCUT2D eigenvalue weighted by atomic mass is 17.0. The molecule has 0 saturated carbocycles. The lowest BCUT2D eigenvalue weighted by atomic mass is 9.94. The number of hydrogen-bond donors (Lipinski definition) is 0. The van der Waals surface area contributed by atoms with Gasteiger partial charge in [-0.2, -0.15) is 0 Å². The fourth-order valence-corrected chi connectivity index (χ4v) is 2.63. The Balaban J connectivity index is 3.27. The van der Waals surface area contributed by atoms with Gasteiger partial charge in [-0.15, -0.1) is 25.3 Å². The topological polar surface area (TPSA) is 134 Å². The van der Waals surface area contributed by atoms with Gasteiger partial charge in [-0.05, 0) is 27.7 Å². The smallest absolute Gasteiger partial charge is 0.322 e. The van der Waals surface area contributed by atoms with E-state index in [0.29, 0.717) is 0 Å². The second-order valence-corrected chi connectivity index (χ2v) is 5.68. The van der Waals surface area contributed by atoms with Gasteiger partial charge in [-0.1, -0.05) is 0 Å². The van der Waals surface area contributed by atoms with Crippen molar-refractivity contribution in [3.63, 3.8) is 0 Å². The summed E-state index contributed by atoms with van der Waals surface area (Å²) in [5.41, 5.74) is -2.44. The van der Waals surface area contributed by atoms with Crippen molar-refractivity contribution in [1.82, 2.24) is 5.06 Å². The third kappa shape index (κ3) is 3.12. The number of nitrogens with zero attached hydrogens (tertiary/aromatic N) is 3. The molecule has 1 fully saturated rings. The first kappa shape index (κ1) is 16.9. The zero-order valence-corrected chi connectivity index (χ0v) is 12.3. The number of rotatable bonds is 5. The Morgan fingerprint density at radius 2 is 1.33 bits per heavy atom. The molecule has 1 rings (SSSR count). The largest absolute Gasteiger partial charge is 0.367 e. The van der Waals surface area contributed by atoms with E-state index in [9.17, 15) is 25.0 Å². The maximum Gasteiger partial charge on any atom is 0.322 e. The van der Waals surface area contributed by atoms with Crippen LogP contribution in [-0.4, -0.2) is 44.5 Å². The molecule has 0 aromatic rings. The van der Waals surface area contributed by atoms with Gasteiger partial charge in [-0.3, -0.25) is 4.79 Å². The molecule has 11 nitrogen and oxygen atoms in total. The molecule has 0 N–H and O–H groups in total. The van der Waals surface area contributed by atoms with Crippen molar-refractivity contribution in [2.45, 2.75) is 57.9 Å². The van der Waals surface area contributed by atoms with Gasteiger partial charge in [0.25, 0.3) is 10.2 Å². The normalized spacial score (nSPS) is 26.9. The molecule has 1 saturated heterocycles. The Morgan fingerprint density at radius 1 is 1.00 bits per heavy atom. The van der Waals surface area contributed by atoms with Crippen LogP contribution < -0.4 is 0 Å². The monoisotopic (exact) mass is 307 g/mol. The number of carbonyl (C=O) groups excluding carboxylic acids is 1. The van der Waals surface area contributed by atoms with E-state index in [1.165, 1.54) is 27.7 Å². The van der Waals surface area contributed by atoms with E-state index in [4.69, 9.17) is 4.84 Å². The van der Waals surface area contributed by atoms with E-state index in [0.717, 1.165) is 12.0 Å². The van der Waals surface area contributed by atoms with Gasteiger partial charge >= 0.3 is 5.97 Å². The fourth-order valence-electron chi connectivity index (χ4n) is 2.63. The minimum Gasteiger partial charge on any atom is -0.367 e. The highest BCUT2D eigenvalue weighted by Gasteiger charge is 2.64. The minimum atomic E-state index is -1.33. The summed E-state index contributed by atoms with van der Waals surface area (Å²) in [4.78, 5) is 46.7. The second-order valence-electron chi connectivity index (χ2n) is 5.68. The van der Waals surface area contributed by atoms with Crippen LogP contribution >= 0.6 is 0 Å². The van der Waals surface area contributed by atoms with E-state index >= 15 is 0 Å². The molecular formula is C10H17N3O8. The maximum absolute atomic E-state index is 11.2. The molecule has 1 aliphatic rings. The van der Waals surface area contributed by atoms with Crippen molar-refractivity contribution in [3.05, 3.63) is 20.2 Å². The summed E-state index contributed by atoms with van der Waals surface area (Å²) in [5.74, 6) is -0.669. The molecule has 0 bridgehead atoms. The lowest BCUT2D eigenvalue weighted by molar-refractivity contribution is -0.799. The highest BCUT2D eigenvalue weighted by molar-refractivity contribution is 5.65. The van der Waals surface area contributed by atoms with Gasteiger partial charge in [0.1, 0.15) is 0 Å². The fraction of sp³-hybridized carbons (Fsp3) is 0.900. The van der Waals surface area contributed by atoms with E-state index in [1.54, 1.807) is 0 Å². The molecule has 11 heteroatoms. The lowest BCUT2D eigenvalue weighted by Crippen LogP contribution is -2.52. The summed E-state index contributed by atoms with van der Waals surface area (Å²) in [6, 6.07) is 0. The van der Waals surface area contributed by atoms with Crippen molar-refractivity contribution >= 4 is 5.97 Å². The average Bonchev–Trinajstić information content (AvgIpc) is 2.39. The number of hydroxylamine groups is 2. The summed E-state index contributed by atoms with van der Waals surface area (Å²) in [7, 11) is 0. The van der Waals surface area contributed by atoms with Crippen LogP contribution in [0.15, 0.2) is 0 Å². The molecule has 0 radical (unpaired) electrons. The van der Waals surface area contributed by atoms with E-state index in [1.807, 2.05) is 0 Å². The molecule has 0 aromatic heterocycles. The molecule has 2 atom stereocenters. The standard InChI is InChI=1S/C10H17N3O8/c1-6(14)19-11-9(2,3)7(20-12(15)16)8(10(11,4)5)21-13(17)18/h7-8H,1-5H3. The Labute approximate surface area is 119 Å². The van der Waals surface area contributed by atoms with Crippen LogP contribution in [0.5, 0.6) is 0 Å². The van der Waals surface area contributed by atoms with Gasteiger partial charge in [0, 0.05) is 6.92 Å². The molecule has 1 heterocycles. The molecular weight excluding hydrogens is 290 g/mol. The molecule has 0 amide bonds. The predicted octanol–water partition coefficient (Wildman–Crippen LogP) is 0.491. The van der Waals surface area contributed by atoms with Crippen LogP contribution in [-0.2, 0) is 19.3 Å². The first-order valence-electron chi connectivity index (χ1n) is 6.02. The first-order valence-corrected chi connectivity index (χ1v) is 6.02. The van der Waals surface area contributed by atoms with Crippen LogP contribution in [0.2, 0.25) is 0 Å². The number of carbonyl (C=O) groups is 1. The van der Waals surface area contributed by atoms with Crippen molar-refractivity contribution < 1.29 is 29.5 Å². The van der Waals surface area contributed by atoms with Gasteiger partial charge < -0.3 is 14.5 Å². The van der Waals surface area contributed by atoms with Crippen LogP contribution in [0.1, 0.15) is 34.6 Å². The molecule has 21 heavy (non-hydrogen) atoms. The Morgan fingerprint density at radius 3 is 1.57 bits per heavy atom. The van der Waals surface area contributed by atoms with Gasteiger partial charge in [0.2, 0.25) is 0 Å². The highest BCUT2D eigenvalue weighted by Crippen LogP contribution is 2.44. The molecule has 1 aliphatic heterocycles. The Bertz CT molecular complexity index is 429. The van der Waals surface area contributed by atoms with E-state index in [-0.39, 0.29) is 0 Å². The Hall–Kier alpha value is -2.17. The zero-order valence-electron chi connectivity index (χ0n) is 12.3. The van der Waals surface area contributed by atoms with Crippen molar-refractivity contribution in [2.24, 2.45) is 0 Å². The summed E-state index contributed by atoms with van der Waals surface area (Å²) < 4.78 is 0. The first-order chi connectivity index (χ1) is 9.40. The van der Waals surface area contributed by atoms with Crippen molar-refractivity contribution in [1.29, 1.82) is 0 Å². The average molecular weight is 307 g/mol. The summed E-state index contributed by atoms with van der Waals surface area (Å²) in [6.45, 7) is 7.13. The van der Waals surface area contributed by atoms with Crippen LogP contribution in [0.25, 0.3) is 0 Å². The van der Waals surface area contributed by atoms with Crippen molar-refractivity contribution in [2.75, 3.05) is 0 Å². The summed E-state index contributed by atoms with van der Waals surface area (Å²) in [5, 5.41) is 20.3. The number of hydrogen-bond acceptors (Lipinski definition) is 9. The van der Waals surface area contributed by atoms with Gasteiger partial charge in [-0.25, -0.2) is 0 Å². The quantitative estimate of drug-likeness (QED) is 0.525. The molecule has 120 valence electrons. The maximum atomic E-state index is 11.2. The van der Waals surface area contributed by atoms with E-state index in [2.05, 4.69) is 9.68 Å². The summed E-state index contributed by atoms with van der Waals surface area (Å²) in [6.07, 6.45) is -2.65. The zero-order chi connectivity index (χ0) is 16.6. The summed E-state index contributed by atoms with van der Waals surface area (Å²) >= 11 is 0. The minimum absolute atomic E-state index is 0.669. The molecule has 0 aromatic carbocycles. The van der Waals surface area contributed by atoms with Crippen LogP contribution in [0, 0.1) is 20.2 Å². The lowest BCUT2D eigenvalue weighted by Gasteiger charge is -2.37. The Kier molecular flexibility index (Phi) is 4.27. The second kappa shape index (κ2) is 5.31. The third-order valence-electron chi connectivity index (χ3n) is 3.33. The van der Waals surface area contributed by atoms with Gasteiger partial charge in [0.05, 0.1) is 11.1 Å². The van der Waals surface area contributed by atoms with Crippen molar-refractivity contribution in [3.8, 4) is 0 Å². The molecule has 2 unspecified atom stereocenters. The van der Waals surface area contributed by atoms with Crippen LogP contribution in [0.4, 0.5) is 0 Å².